The maximum absolute atomic E-state index is 13.0. The zero-order chi connectivity index (χ0) is 25.4. The number of anilines is 1. The van der Waals surface area contributed by atoms with E-state index < -0.39 is 6.10 Å². The number of hydrogen-bond acceptors (Lipinski definition) is 7. The topological polar surface area (TPSA) is 122 Å². The lowest BCUT2D eigenvalue weighted by Crippen LogP contribution is -2.48. The Balaban J connectivity index is 1.76. The molecular weight excluding hydrogens is 452 g/mol. The highest BCUT2D eigenvalue weighted by Gasteiger charge is 2.29. The van der Waals surface area contributed by atoms with Gasteiger partial charge in [0.25, 0.3) is 0 Å². The number of ether oxygens (including phenoxy) is 2. The minimum absolute atomic E-state index is 0.0287. The minimum atomic E-state index is -0.393. The van der Waals surface area contributed by atoms with Crippen LogP contribution < -0.4 is 10.1 Å². The number of aromatic nitrogens is 3. The molecule has 3 rings (SSSR count). The SMILES string of the molecule is COc1ccccc1NC(=O)N(C)C[C@H]1OCc2cn(nn2)CCCC(=O)N([C@@H](C)CO)C[C@H]1C. The summed E-state index contributed by atoms with van der Waals surface area (Å²) in [6.45, 7) is 5.18. The summed E-state index contributed by atoms with van der Waals surface area (Å²) in [5.74, 6) is 0.417. The highest BCUT2D eigenvalue weighted by atomic mass is 16.5. The second-order valence-corrected chi connectivity index (χ2v) is 8.99. The van der Waals surface area contributed by atoms with E-state index >= 15 is 0 Å². The van der Waals surface area contributed by atoms with Crippen LogP contribution in [0.2, 0.25) is 0 Å². The molecule has 0 radical (unpaired) electrons. The van der Waals surface area contributed by atoms with Crippen molar-refractivity contribution < 1.29 is 24.2 Å². The molecule has 0 spiro atoms. The lowest BCUT2D eigenvalue weighted by molar-refractivity contribution is -0.136. The Labute approximate surface area is 206 Å². The van der Waals surface area contributed by atoms with E-state index in [9.17, 15) is 14.7 Å². The highest BCUT2D eigenvalue weighted by molar-refractivity contribution is 5.90. The number of aryl methyl sites for hydroxylation is 1. The standard InChI is InChI=1S/C24H36N6O5/c1-17-12-30(18(2)15-31)23(32)10-7-11-29-13-19(26-27-29)16-35-22(17)14-28(3)24(33)25-20-8-5-6-9-21(20)34-4/h5-6,8-9,13,17-18,22,31H,7,10-12,14-16H2,1-4H3,(H,25,33)/t17-,18+,22-/m1/s1. The first-order valence-corrected chi connectivity index (χ1v) is 11.9. The summed E-state index contributed by atoms with van der Waals surface area (Å²) in [5.41, 5.74) is 1.26. The fourth-order valence-electron chi connectivity index (χ4n) is 4.00. The smallest absolute Gasteiger partial charge is 0.321 e. The van der Waals surface area contributed by atoms with E-state index in [-0.39, 0.29) is 43.7 Å². The number of aliphatic hydroxyl groups is 1. The van der Waals surface area contributed by atoms with Crippen molar-refractivity contribution in [1.82, 2.24) is 24.8 Å². The van der Waals surface area contributed by atoms with E-state index in [1.807, 2.05) is 32.2 Å². The summed E-state index contributed by atoms with van der Waals surface area (Å²) in [5, 5.41) is 20.9. The molecule has 3 amide bonds. The van der Waals surface area contributed by atoms with Crippen LogP contribution in [0.5, 0.6) is 5.75 Å². The maximum Gasteiger partial charge on any atom is 0.321 e. The minimum Gasteiger partial charge on any atom is -0.495 e. The molecule has 1 aromatic carbocycles. The van der Waals surface area contributed by atoms with Crippen LogP contribution >= 0.6 is 0 Å². The summed E-state index contributed by atoms with van der Waals surface area (Å²) in [7, 11) is 3.24. The van der Waals surface area contributed by atoms with Gasteiger partial charge < -0.3 is 29.7 Å². The second kappa shape index (κ2) is 12.5. The largest absolute Gasteiger partial charge is 0.495 e. The van der Waals surface area contributed by atoms with Crippen molar-refractivity contribution in [3.63, 3.8) is 0 Å². The van der Waals surface area contributed by atoms with Gasteiger partial charge in [-0.25, -0.2) is 4.79 Å². The molecule has 0 aliphatic carbocycles. The van der Waals surface area contributed by atoms with Crippen LogP contribution in [-0.2, 0) is 22.7 Å². The van der Waals surface area contributed by atoms with Crippen LogP contribution in [0.25, 0.3) is 0 Å². The van der Waals surface area contributed by atoms with Gasteiger partial charge in [-0.3, -0.25) is 9.48 Å². The number of nitrogens with one attached hydrogen (secondary N) is 1. The number of methoxy groups -OCH3 is 1. The molecule has 11 nitrogen and oxygen atoms in total. The number of likely N-dealkylation sites (N-methyl/N-ethyl adjacent to an activating group) is 1. The molecule has 2 aromatic rings. The highest BCUT2D eigenvalue weighted by Crippen LogP contribution is 2.24. The molecule has 2 heterocycles. The van der Waals surface area contributed by atoms with Crippen LogP contribution in [0.15, 0.2) is 30.5 Å². The molecule has 192 valence electrons. The van der Waals surface area contributed by atoms with Crippen molar-refractivity contribution in [2.24, 2.45) is 5.92 Å². The average Bonchev–Trinajstić information content (AvgIpc) is 3.31. The summed E-state index contributed by atoms with van der Waals surface area (Å²) in [4.78, 5) is 29.2. The van der Waals surface area contributed by atoms with Gasteiger partial charge in [0.05, 0.1) is 44.4 Å². The third kappa shape index (κ3) is 7.15. The first-order valence-electron chi connectivity index (χ1n) is 11.9. The van der Waals surface area contributed by atoms with Gasteiger partial charge in [-0.05, 0) is 25.5 Å². The number of fused-ring (bicyclic) bond motifs is 2. The Bertz CT molecular complexity index is 983. The Kier molecular flexibility index (Phi) is 9.44. The third-order valence-electron chi connectivity index (χ3n) is 6.19. The number of carbonyl (C=O) groups is 2. The lowest BCUT2D eigenvalue weighted by atomic mass is 10.0. The number of para-hydroxylation sites is 2. The van der Waals surface area contributed by atoms with Crippen LogP contribution in [0.1, 0.15) is 32.4 Å². The zero-order valence-electron chi connectivity index (χ0n) is 20.9. The summed E-state index contributed by atoms with van der Waals surface area (Å²) >= 11 is 0. The number of urea groups is 1. The van der Waals surface area contributed by atoms with E-state index in [1.54, 1.807) is 40.8 Å². The van der Waals surface area contributed by atoms with Gasteiger partial charge in [-0.15, -0.1) is 5.10 Å². The predicted octanol–water partition coefficient (Wildman–Crippen LogP) is 1.98. The molecule has 0 saturated heterocycles. The fraction of sp³-hybridized carbons (Fsp3) is 0.583. The molecule has 1 aliphatic heterocycles. The zero-order valence-corrected chi connectivity index (χ0v) is 20.9. The molecule has 2 N–H and O–H groups in total. The number of aliphatic hydroxyl groups excluding tert-OH is 1. The summed E-state index contributed by atoms with van der Waals surface area (Å²) < 4.78 is 13.2. The number of carbonyl (C=O) groups excluding carboxylic acids is 2. The van der Waals surface area contributed by atoms with Gasteiger partial charge >= 0.3 is 6.03 Å². The van der Waals surface area contributed by atoms with Crippen LogP contribution in [0.3, 0.4) is 0 Å². The second-order valence-electron chi connectivity index (χ2n) is 8.99. The van der Waals surface area contributed by atoms with Crippen molar-refractivity contribution in [1.29, 1.82) is 0 Å². The Morgan fingerprint density at radius 1 is 1.40 bits per heavy atom. The number of nitrogens with zero attached hydrogens (tertiary/aromatic N) is 5. The normalized spacial score (nSPS) is 20.3. The van der Waals surface area contributed by atoms with Crippen LogP contribution in [0, 0.1) is 5.92 Å². The molecule has 3 atom stereocenters. The van der Waals surface area contributed by atoms with Crippen LogP contribution in [-0.4, -0.2) is 87.8 Å². The van der Waals surface area contributed by atoms with Gasteiger partial charge in [0.1, 0.15) is 11.4 Å². The van der Waals surface area contributed by atoms with Crippen molar-refractivity contribution >= 4 is 17.6 Å². The van der Waals surface area contributed by atoms with E-state index in [0.29, 0.717) is 43.1 Å². The molecule has 11 heteroatoms. The lowest BCUT2D eigenvalue weighted by Gasteiger charge is -2.35. The van der Waals surface area contributed by atoms with E-state index in [1.165, 1.54) is 0 Å². The fourth-order valence-corrected chi connectivity index (χ4v) is 4.00. The third-order valence-corrected chi connectivity index (χ3v) is 6.19. The molecule has 0 saturated carbocycles. The first kappa shape index (κ1) is 26.4. The van der Waals surface area contributed by atoms with Gasteiger partial charge in [-0.2, -0.15) is 0 Å². The Morgan fingerprint density at radius 2 is 2.17 bits per heavy atom. The molecule has 1 aromatic heterocycles. The van der Waals surface area contributed by atoms with Gasteiger partial charge in [0.2, 0.25) is 5.91 Å². The van der Waals surface area contributed by atoms with Crippen LogP contribution in [0.4, 0.5) is 10.5 Å². The molecule has 2 bridgehead atoms. The van der Waals surface area contributed by atoms with Gasteiger partial charge in [-0.1, -0.05) is 24.3 Å². The predicted molar refractivity (Wildman–Crippen MR) is 130 cm³/mol. The maximum atomic E-state index is 13.0. The van der Waals surface area contributed by atoms with Crippen molar-refractivity contribution in [3.05, 3.63) is 36.2 Å². The molecule has 0 unspecified atom stereocenters. The Morgan fingerprint density at radius 3 is 2.91 bits per heavy atom. The van der Waals surface area contributed by atoms with Crippen molar-refractivity contribution in [2.45, 2.75) is 52.0 Å². The quantitative estimate of drug-likeness (QED) is 0.637. The van der Waals surface area contributed by atoms with Crippen molar-refractivity contribution in [2.75, 3.05) is 39.2 Å². The molecule has 35 heavy (non-hydrogen) atoms. The number of hydrogen-bond donors (Lipinski definition) is 2. The van der Waals surface area contributed by atoms with Gasteiger partial charge in [0, 0.05) is 39.0 Å². The Hall–Kier alpha value is -3.18. The molecular formula is C24H36N6O5. The number of rotatable bonds is 6. The van der Waals surface area contributed by atoms with E-state index in [2.05, 4.69) is 15.6 Å². The first-order chi connectivity index (χ1) is 16.8. The molecule has 0 fully saturated rings. The van der Waals surface area contributed by atoms with Crippen molar-refractivity contribution in [3.8, 4) is 5.75 Å². The summed E-state index contributed by atoms with van der Waals surface area (Å²) in [6.07, 6.45) is 2.39. The summed E-state index contributed by atoms with van der Waals surface area (Å²) in [6, 6.07) is 6.57. The van der Waals surface area contributed by atoms with Gasteiger partial charge in [0.15, 0.2) is 0 Å². The van der Waals surface area contributed by atoms with E-state index in [4.69, 9.17) is 9.47 Å². The average molecular weight is 489 g/mol. The number of benzene rings is 1. The number of amides is 3. The molecule has 1 aliphatic rings. The monoisotopic (exact) mass is 488 g/mol. The van der Waals surface area contributed by atoms with E-state index in [0.717, 1.165) is 0 Å².